The fourth-order valence-corrected chi connectivity index (χ4v) is 5.05. The van der Waals surface area contributed by atoms with Gasteiger partial charge in [0.25, 0.3) is 5.91 Å². The summed E-state index contributed by atoms with van der Waals surface area (Å²) < 4.78 is 17.4. The summed E-state index contributed by atoms with van der Waals surface area (Å²) in [6, 6.07) is 11.4. The largest absolute Gasteiger partial charge is 0.497 e. The van der Waals surface area contributed by atoms with Gasteiger partial charge in [0.2, 0.25) is 0 Å². The Morgan fingerprint density at radius 2 is 1.77 bits per heavy atom. The first-order valence-corrected chi connectivity index (χ1v) is 15.0. The van der Waals surface area contributed by atoms with Gasteiger partial charge in [-0.2, -0.15) is 0 Å². The van der Waals surface area contributed by atoms with Crippen LogP contribution in [0.4, 0.5) is 5.69 Å². The molecule has 0 unspecified atom stereocenters. The molecule has 2 N–H and O–H groups in total. The number of aryl methyl sites for hydroxylation is 1. The van der Waals surface area contributed by atoms with E-state index in [1.165, 1.54) is 5.57 Å². The number of carbonyl (C=O) groups excluding carboxylic acids is 1. The second-order valence-electron chi connectivity index (χ2n) is 10.7. The third-order valence-electron chi connectivity index (χ3n) is 7.36. The molecular formula is C28H40N2O4Si. The summed E-state index contributed by atoms with van der Waals surface area (Å²) in [5.74, 6) is 1.38. The summed E-state index contributed by atoms with van der Waals surface area (Å²) in [5.41, 5.74) is 10.5. The molecule has 0 fully saturated rings. The Morgan fingerprint density at radius 1 is 1.11 bits per heavy atom. The number of ether oxygens (including phenoxy) is 2. The summed E-state index contributed by atoms with van der Waals surface area (Å²) in [6.07, 6.45) is 2.93. The highest BCUT2D eigenvalue weighted by atomic mass is 28.4. The minimum Gasteiger partial charge on any atom is -0.497 e. The Balaban J connectivity index is 1.96. The number of hydrogen-bond donors (Lipinski definition) is 1. The quantitative estimate of drug-likeness (QED) is 0.381. The number of carbonyl (C=O) groups is 1. The van der Waals surface area contributed by atoms with Crippen LogP contribution in [0.25, 0.3) is 5.57 Å². The molecule has 0 radical (unpaired) electrons. The van der Waals surface area contributed by atoms with E-state index in [1.807, 2.05) is 24.0 Å². The van der Waals surface area contributed by atoms with E-state index in [1.54, 1.807) is 26.4 Å². The number of benzene rings is 2. The zero-order valence-electron chi connectivity index (χ0n) is 22.4. The molecule has 0 saturated heterocycles. The van der Waals surface area contributed by atoms with Gasteiger partial charge < -0.3 is 24.5 Å². The Morgan fingerprint density at radius 3 is 2.34 bits per heavy atom. The molecule has 2 aromatic carbocycles. The third-order valence-corrected chi connectivity index (χ3v) is 11.9. The normalized spacial score (nSPS) is 16.6. The molecule has 190 valence electrons. The summed E-state index contributed by atoms with van der Waals surface area (Å²) >= 11 is 0. The topological polar surface area (TPSA) is 74.0 Å². The number of anilines is 1. The lowest BCUT2D eigenvalue weighted by Crippen LogP contribution is -2.49. The monoisotopic (exact) mass is 496 g/mol. The van der Waals surface area contributed by atoms with E-state index in [2.05, 4.69) is 52.1 Å². The van der Waals surface area contributed by atoms with Crippen molar-refractivity contribution in [3.8, 4) is 11.5 Å². The number of methoxy groups -OCH3 is 2. The lowest BCUT2D eigenvalue weighted by atomic mass is 9.95. The molecule has 1 aliphatic heterocycles. The average Bonchev–Trinajstić information content (AvgIpc) is 2.81. The van der Waals surface area contributed by atoms with Gasteiger partial charge in [-0.25, -0.2) is 0 Å². The van der Waals surface area contributed by atoms with Gasteiger partial charge in [-0.15, -0.1) is 0 Å². The molecule has 6 nitrogen and oxygen atoms in total. The van der Waals surface area contributed by atoms with Gasteiger partial charge in [-0.3, -0.25) is 4.79 Å². The van der Waals surface area contributed by atoms with Crippen molar-refractivity contribution in [1.29, 1.82) is 0 Å². The first kappa shape index (κ1) is 26.8. The molecule has 1 atom stereocenters. The highest BCUT2D eigenvalue weighted by Gasteiger charge is 2.39. The summed E-state index contributed by atoms with van der Waals surface area (Å²) in [4.78, 5) is 15.6. The molecule has 0 aliphatic carbocycles. The second kappa shape index (κ2) is 10.5. The minimum atomic E-state index is -2.01. The molecule has 0 saturated carbocycles. The Labute approximate surface area is 211 Å². The second-order valence-corrected chi connectivity index (χ2v) is 15.5. The maximum atomic E-state index is 13.8. The van der Waals surface area contributed by atoms with Crippen LogP contribution in [0.15, 0.2) is 42.5 Å². The Hall–Kier alpha value is -2.77. The number of hydrogen-bond acceptors (Lipinski definition) is 5. The van der Waals surface area contributed by atoms with Gasteiger partial charge in [0.05, 0.1) is 32.4 Å². The summed E-state index contributed by atoms with van der Waals surface area (Å²) in [6.45, 7) is 14.1. The van der Waals surface area contributed by atoms with E-state index in [0.717, 1.165) is 23.3 Å². The lowest BCUT2D eigenvalue weighted by molar-refractivity contribution is 0.0655. The molecule has 0 aromatic heterocycles. The number of nitrogen functional groups attached to an aromatic ring is 1. The van der Waals surface area contributed by atoms with Crippen molar-refractivity contribution in [1.82, 2.24) is 4.90 Å². The molecule has 1 amide bonds. The fraction of sp³-hybridized carbons (Fsp3) is 0.464. The molecule has 35 heavy (non-hydrogen) atoms. The molecule has 3 rings (SSSR count). The molecule has 0 spiro atoms. The molecule has 1 aliphatic rings. The Bertz CT molecular complexity index is 1090. The smallest absolute Gasteiger partial charge is 0.256 e. The van der Waals surface area contributed by atoms with Crippen molar-refractivity contribution in [3.63, 3.8) is 0 Å². The maximum absolute atomic E-state index is 13.8. The van der Waals surface area contributed by atoms with Gasteiger partial charge in [-0.05, 0) is 72.4 Å². The van der Waals surface area contributed by atoms with E-state index in [-0.39, 0.29) is 17.0 Å². The number of nitrogens with zero attached hydrogens (tertiary/aromatic N) is 1. The van der Waals surface area contributed by atoms with Crippen LogP contribution in [0, 0.1) is 6.92 Å². The average molecular weight is 497 g/mol. The van der Waals surface area contributed by atoms with Crippen molar-refractivity contribution in [2.24, 2.45) is 0 Å². The summed E-state index contributed by atoms with van der Waals surface area (Å²) in [5, 5.41) is 0.0772. The fourth-order valence-electron chi connectivity index (χ4n) is 4.03. The number of nitrogens with two attached hydrogens (primary N) is 1. The minimum absolute atomic E-state index is 0.0772. The molecule has 2 aromatic rings. The van der Waals surface area contributed by atoms with Crippen LogP contribution in [0.1, 0.15) is 48.7 Å². The van der Waals surface area contributed by atoms with Gasteiger partial charge in [0.1, 0.15) is 11.5 Å². The van der Waals surface area contributed by atoms with Crippen molar-refractivity contribution in [3.05, 3.63) is 59.2 Å². The van der Waals surface area contributed by atoms with E-state index in [0.29, 0.717) is 30.2 Å². The Kier molecular flexibility index (Phi) is 8.02. The van der Waals surface area contributed by atoms with E-state index >= 15 is 0 Å². The van der Waals surface area contributed by atoms with Gasteiger partial charge >= 0.3 is 0 Å². The zero-order chi connectivity index (χ0) is 26.0. The van der Waals surface area contributed by atoms with Gasteiger partial charge in [0, 0.05) is 12.2 Å². The van der Waals surface area contributed by atoms with Crippen molar-refractivity contribution < 1.29 is 18.7 Å². The van der Waals surface area contributed by atoms with Crippen LogP contribution in [0.5, 0.6) is 11.5 Å². The van der Waals surface area contributed by atoms with Crippen LogP contribution < -0.4 is 15.2 Å². The number of rotatable bonds is 7. The van der Waals surface area contributed by atoms with E-state index < -0.39 is 8.32 Å². The third kappa shape index (κ3) is 5.90. The maximum Gasteiger partial charge on any atom is 0.256 e. The van der Waals surface area contributed by atoms with Crippen LogP contribution in [0.2, 0.25) is 18.1 Å². The van der Waals surface area contributed by atoms with Crippen LogP contribution in [-0.4, -0.2) is 52.5 Å². The van der Waals surface area contributed by atoms with E-state index in [9.17, 15) is 4.79 Å². The van der Waals surface area contributed by atoms with Crippen molar-refractivity contribution in [2.75, 3.05) is 33.1 Å². The summed E-state index contributed by atoms with van der Waals surface area (Å²) in [7, 11) is 1.26. The first-order valence-electron chi connectivity index (χ1n) is 12.1. The molecule has 7 heteroatoms. The van der Waals surface area contributed by atoms with Crippen LogP contribution >= 0.6 is 0 Å². The highest BCUT2D eigenvalue weighted by molar-refractivity contribution is 6.74. The zero-order valence-corrected chi connectivity index (χ0v) is 23.4. The van der Waals surface area contributed by atoms with Crippen LogP contribution in [0.3, 0.4) is 0 Å². The van der Waals surface area contributed by atoms with Gasteiger partial charge in [0.15, 0.2) is 8.32 Å². The van der Waals surface area contributed by atoms with Crippen molar-refractivity contribution >= 4 is 25.5 Å². The number of amides is 1. The van der Waals surface area contributed by atoms with Crippen LogP contribution in [-0.2, 0) is 4.43 Å². The standard InChI is InChI=1S/C28H40N2O4Si/c1-19-15-25(29)24(17-26(19)33-6)27(31)30-14-13-21(20-9-11-23(32-5)12-10-20)16-22(30)18-34-35(7,8)28(2,3)4/h9-12,15-17,22H,13-14,18,29H2,1-8H3/t22-/m0/s1. The highest BCUT2D eigenvalue weighted by Crippen LogP contribution is 2.37. The SMILES string of the molecule is COc1ccc(C2=C[C@@H](CO[Si](C)(C)C(C)(C)C)N(C(=O)c3cc(OC)c(C)cc3N)CC2)cc1. The first-order chi connectivity index (χ1) is 16.4. The molecule has 1 heterocycles. The van der Waals surface area contributed by atoms with E-state index in [4.69, 9.17) is 19.6 Å². The van der Waals surface area contributed by atoms with Gasteiger partial charge in [-0.1, -0.05) is 39.0 Å². The van der Waals surface area contributed by atoms with Crippen molar-refractivity contribution in [2.45, 2.75) is 58.3 Å². The molecular weight excluding hydrogens is 456 g/mol. The predicted octanol–water partition coefficient (Wildman–Crippen LogP) is 5.91. The predicted molar refractivity (Wildman–Crippen MR) is 146 cm³/mol. The lowest BCUT2D eigenvalue weighted by Gasteiger charge is -2.40. The molecule has 0 bridgehead atoms.